The summed E-state index contributed by atoms with van der Waals surface area (Å²) in [6.07, 6.45) is 5.39. The van der Waals surface area contributed by atoms with Crippen LogP contribution in [-0.2, 0) is 29.2 Å². The van der Waals surface area contributed by atoms with Crippen molar-refractivity contribution in [3.63, 3.8) is 0 Å². The van der Waals surface area contributed by atoms with Crippen molar-refractivity contribution >= 4 is 22.8 Å². The topological polar surface area (TPSA) is 76.0 Å². The Labute approximate surface area is 176 Å². The summed E-state index contributed by atoms with van der Waals surface area (Å²) in [7, 11) is 0. The fraction of sp³-hybridized carbons (Fsp3) is 0.375. The zero-order valence-corrected chi connectivity index (χ0v) is 17.1. The van der Waals surface area contributed by atoms with Crippen molar-refractivity contribution in [3.8, 4) is 0 Å². The molecular weight excluding hydrogens is 376 g/mol. The van der Waals surface area contributed by atoms with Crippen LogP contribution in [-0.4, -0.2) is 21.4 Å². The quantitative estimate of drug-likeness (QED) is 0.632. The Morgan fingerprint density at radius 3 is 2.43 bits per heavy atom. The van der Waals surface area contributed by atoms with Gasteiger partial charge in [-0.15, -0.1) is 0 Å². The average molecular weight is 405 g/mol. The first-order chi connectivity index (χ1) is 14.7. The van der Waals surface area contributed by atoms with Crippen LogP contribution in [0.1, 0.15) is 43.5 Å². The van der Waals surface area contributed by atoms with E-state index in [-0.39, 0.29) is 24.3 Å². The Kier molecular flexibility index (Phi) is 6.42. The number of aromatic nitrogens is 2. The van der Waals surface area contributed by atoms with Gasteiger partial charge in [-0.1, -0.05) is 61.7 Å². The van der Waals surface area contributed by atoms with Crippen molar-refractivity contribution in [3.05, 3.63) is 66.0 Å². The van der Waals surface area contributed by atoms with E-state index < -0.39 is 0 Å². The SMILES string of the molecule is O=C(Cn1c(CNC(=O)C2CCCCC2)nc2ccccc21)NCc1ccccc1. The van der Waals surface area contributed by atoms with E-state index in [0.717, 1.165) is 42.3 Å². The molecule has 2 aromatic carbocycles. The first-order valence-electron chi connectivity index (χ1n) is 10.7. The first-order valence-corrected chi connectivity index (χ1v) is 10.7. The number of nitrogens with zero attached hydrogens (tertiary/aromatic N) is 2. The Hall–Kier alpha value is -3.15. The highest BCUT2D eigenvalue weighted by molar-refractivity contribution is 5.81. The molecule has 1 fully saturated rings. The van der Waals surface area contributed by atoms with E-state index in [4.69, 9.17) is 0 Å². The largest absolute Gasteiger partial charge is 0.350 e. The number of nitrogens with one attached hydrogen (secondary N) is 2. The number of para-hydroxylation sites is 2. The molecule has 6 nitrogen and oxygen atoms in total. The van der Waals surface area contributed by atoms with Gasteiger partial charge in [0.2, 0.25) is 11.8 Å². The van der Waals surface area contributed by atoms with Crippen LogP contribution in [0.4, 0.5) is 0 Å². The van der Waals surface area contributed by atoms with Gasteiger partial charge in [0.05, 0.1) is 17.6 Å². The minimum Gasteiger partial charge on any atom is -0.350 e. The third-order valence-electron chi connectivity index (χ3n) is 5.76. The molecule has 1 aromatic heterocycles. The molecule has 4 rings (SSSR count). The monoisotopic (exact) mass is 404 g/mol. The van der Waals surface area contributed by atoms with Crippen molar-refractivity contribution in [2.45, 2.75) is 51.7 Å². The maximum Gasteiger partial charge on any atom is 0.240 e. The number of rotatable bonds is 7. The Morgan fingerprint density at radius 2 is 1.63 bits per heavy atom. The third kappa shape index (κ3) is 4.87. The van der Waals surface area contributed by atoms with Crippen LogP contribution >= 0.6 is 0 Å². The summed E-state index contributed by atoms with van der Waals surface area (Å²) in [5.41, 5.74) is 2.78. The molecule has 0 spiro atoms. The molecule has 0 aliphatic heterocycles. The Bertz CT molecular complexity index is 1010. The summed E-state index contributed by atoms with van der Waals surface area (Å²) >= 11 is 0. The van der Waals surface area contributed by atoms with Crippen molar-refractivity contribution in [1.82, 2.24) is 20.2 Å². The van der Waals surface area contributed by atoms with Gasteiger partial charge in [-0.25, -0.2) is 4.98 Å². The number of carbonyl (C=O) groups is 2. The molecule has 0 atom stereocenters. The minimum atomic E-state index is -0.0816. The molecule has 1 aliphatic rings. The van der Waals surface area contributed by atoms with Crippen LogP contribution in [0.3, 0.4) is 0 Å². The van der Waals surface area contributed by atoms with Crippen LogP contribution in [0.15, 0.2) is 54.6 Å². The molecule has 0 bridgehead atoms. The zero-order valence-electron chi connectivity index (χ0n) is 17.1. The van der Waals surface area contributed by atoms with Gasteiger partial charge >= 0.3 is 0 Å². The molecule has 6 heteroatoms. The summed E-state index contributed by atoms with van der Waals surface area (Å²) in [5.74, 6) is 0.824. The first kappa shape index (κ1) is 20.1. The molecule has 1 heterocycles. The summed E-state index contributed by atoms with van der Waals surface area (Å²) in [4.78, 5) is 29.8. The van der Waals surface area contributed by atoms with E-state index in [1.807, 2.05) is 59.2 Å². The van der Waals surface area contributed by atoms with Gasteiger partial charge in [-0.05, 0) is 30.5 Å². The molecule has 3 aromatic rings. The van der Waals surface area contributed by atoms with E-state index >= 15 is 0 Å². The number of imidazole rings is 1. The van der Waals surface area contributed by atoms with Crippen molar-refractivity contribution < 1.29 is 9.59 Å². The number of amides is 2. The molecule has 1 aliphatic carbocycles. The number of hydrogen-bond acceptors (Lipinski definition) is 3. The molecule has 2 amide bonds. The number of fused-ring (bicyclic) bond motifs is 1. The lowest BCUT2D eigenvalue weighted by atomic mass is 9.89. The molecule has 0 saturated heterocycles. The lowest BCUT2D eigenvalue weighted by molar-refractivity contribution is -0.126. The summed E-state index contributed by atoms with van der Waals surface area (Å²) in [5, 5.41) is 6.02. The number of hydrogen-bond donors (Lipinski definition) is 2. The number of benzene rings is 2. The molecule has 30 heavy (non-hydrogen) atoms. The van der Waals surface area contributed by atoms with E-state index in [2.05, 4.69) is 15.6 Å². The Balaban J connectivity index is 1.44. The van der Waals surface area contributed by atoms with Gasteiger partial charge in [0.1, 0.15) is 12.4 Å². The van der Waals surface area contributed by atoms with Gasteiger partial charge < -0.3 is 15.2 Å². The van der Waals surface area contributed by atoms with Crippen molar-refractivity contribution in [2.24, 2.45) is 5.92 Å². The zero-order chi connectivity index (χ0) is 20.8. The maximum atomic E-state index is 12.6. The summed E-state index contributed by atoms with van der Waals surface area (Å²) in [6.45, 7) is 0.984. The van der Waals surface area contributed by atoms with Gasteiger partial charge in [-0.3, -0.25) is 9.59 Å². The fourth-order valence-electron chi connectivity index (χ4n) is 4.11. The van der Waals surface area contributed by atoms with Gasteiger partial charge in [-0.2, -0.15) is 0 Å². The van der Waals surface area contributed by atoms with E-state index in [1.165, 1.54) is 6.42 Å². The Morgan fingerprint density at radius 1 is 0.900 bits per heavy atom. The van der Waals surface area contributed by atoms with E-state index in [0.29, 0.717) is 18.9 Å². The highest BCUT2D eigenvalue weighted by atomic mass is 16.2. The van der Waals surface area contributed by atoms with Crippen LogP contribution in [0.2, 0.25) is 0 Å². The summed E-state index contributed by atoms with van der Waals surface area (Å²) < 4.78 is 1.90. The molecule has 2 N–H and O–H groups in total. The predicted octanol–water partition coefficient (Wildman–Crippen LogP) is 3.55. The second kappa shape index (κ2) is 9.57. The molecule has 0 unspecified atom stereocenters. The minimum absolute atomic E-state index is 0.0816. The van der Waals surface area contributed by atoms with Crippen LogP contribution in [0.25, 0.3) is 11.0 Å². The maximum absolute atomic E-state index is 12.6. The van der Waals surface area contributed by atoms with E-state index in [9.17, 15) is 9.59 Å². The molecule has 0 radical (unpaired) electrons. The standard InChI is InChI=1S/C24H28N4O2/c29-23(25-15-18-9-3-1-4-10-18)17-28-21-14-8-7-13-20(21)27-22(28)16-26-24(30)19-11-5-2-6-12-19/h1,3-4,7-10,13-14,19H,2,5-6,11-12,15-17H2,(H,25,29)(H,26,30). The fourth-order valence-corrected chi connectivity index (χ4v) is 4.11. The lowest BCUT2D eigenvalue weighted by Crippen LogP contribution is -2.33. The average Bonchev–Trinajstić information content (AvgIpc) is 3.14. The highest BCUT2D eigenvalue weighted by Crippen LogP contribution is 2.24. The second-order valence-corrected chi connectivity index (χ2v) is 7.92. The van der Waals surface area contributed by atoms with Gasteiger partial charge in [0, 0.05) is 12.5 Å². The lowest BCUT2D eigenvalue weighted by Gasteiger charge is -2.20. The second-order valence-electron chi connectivity index (χ2n) is 7.92. The van der Waals surface area contributed by atoms with Gasteiger partial charge in [0.25, 0.3) is 0 Å². The van der Waals surface area contributed by atoms with Crippen LogP contribution in [0.5, 0.6) is 0 Å². The molecule has 156 valence electrons. The number of carbonyl (C=O) groups excluding carboxylic acids is 2. The van der Waals surface area contributed by atoms with Crippen molar-refractivity contribution in [2.75, 3.05) is 0 Å². The predicted molar refractivity (Wildman–Crippen MR) is 116 cm³/mol. The smallest absolute Gasteiger partial charge is 0.240 e. The summed E-state index contributed by atoms with van der Waals surface area (Å²) in [6, 6.07) is 17.6. The third-order valence-corrected chi connectivity index (χ3v) is 5.76. The normalized spacial score (nSPS) is 14.5. The van der Waals surface area contributed by atoms with Crippen LogP contribution in [0, 0.1) is 5.92 Å². The van der Waals surface area contributed by atoms with E-state index in [1.54, 1.807) is 0 Å². The van der Waals surface area contributed by atoms with Gasteiger partial charge in [0.15, 0.2) is 0 Å². The van der Waals surface area contributed by atoms with Crippen LogP contribution < -0.4 is 10.6 Å². The van der Waals surface area contributed by atoms with Crippen molar-refractivity contribution in [1.29, 1.82) is 0 Å². The molecular formula is C24H28N4O2. The highest BCUT2D eigenvalue weighted by Gasteiger charge is 2.22. The molecule has 1 saturated carbocycles.